The third-order valence-electron chi connectivity index (χ3n) is 2.80. The van der Waals surface area contributed by atoms with E-state index in [9.17, 15) is 13.2 Å². The van der Waals surface area contributed by atoms with E-state index in [-0.39, 0.29) is 12.4 Å². The Bertz CT molecular complexity index is 627. The lowest BCUT2D eigenvalue weighted by Gasteiger charge is -2.14. The normalized spacial score (nSPS) is 11.3. The Labute approximate surface area is 128 Å². The predicted molar refractivity (Wildman–Crippen MR) is 76.5 cm³/mol. The lowest BCUT2D eigenvalue weighted by Crippen LogP contribution is -2.08. The van der Waals surface area contributed by atoms with E-state index >= 15 is 0 Å². The van der Waals surface area contributed by atoms with Gasteiger partial charge in [0, 0.05) is 0 Å². The maximum absolute atomic E-state index is 12.8. The van der Waals surface area contributed by atoms with Crippen molar-refractivity contribution in [2.45, 2.75) is 12.8 Å². The van der Waals surface area contributed by atoms with Gasteiger partial charge in [0.25, 0.3) is 0 Å². The van der Waals surface area contributed by atoms with Crippen LogP contribution in [0.1, 0.15) is 11.1 Å². The van der Waals surface area contributed by atoms with Crippen LogP contribution in [-0.4, -0.2) is 7.11 Å². The zero-order chi connectivity index (χ0) is 15.5. The Morgan fingerprint density at radius 2 is 1.76 bits per heavy atom. The monoisotopic (exact) mass is 360 g/mol. The molecule has 0 radical (unpaired) electrons. The van der Waals surface area contributed by atoms with Crippen molar-refractivity contribution in [3.8, 4) is 11.5 Å². The number of alkyl halides is 3. The van der Waals surface area contributed by atoms with Crippen LogP contribution in [0, 0.1) is 0 Å². The number of methoxy groups -OCH3 is 1. The Hall–Kier alpha value is -1.69. The van der Waals surface area contributed by atoms with Gasteiger partial charge in [-0.05, 0) is 45.8 Å². The smallest absolute Gasteiger partial charge is 0.419 e. The highest BCUT2D eigenvalue weighted by Gasteiger charge is 2.33. The SMILES string of the molecule is COc1ccc(COc2ccccc2C(F)(F)F)cc1Br. The molecular formula is C15H12BrF3O2. The molecule has 0 heterocycles. The summed E-state index contributed by atoms with van der Waals surface area (Å²) < 4.78 is 49.6. The first-order valence-corrected chi connectivity index (χ1v) is 6.82. The van der Waals surface area contributed by atoms with Crippen molar-refractivity contribution < 1.29 is 22.6 Å². The topological polar surface area (TPSA) is 18.5 Å². The number of hydrogen-bond acceptors (Lipinski definition) is 2. The molecule has 2 aromatic rings. The molecule has 0 atom stereocenters. The van der Waals surface area contributed by atoms with Crippen molar-refractivity contribution in [1.82, 2.24) is 0 Å². The minimum atomic E-state index is -4.43. The summed E-state index contributed by atoms with van der Waals surface area (Å²) in [6, 6.07) is 10.3. The van der Waals surface area contributed by atoms with Crippen LogP contribution in [0.15, 0.2) is 46.9 Å². The van der Waals surface area contributed by atoms with E-state index in [1.54, 1.807) is 18.2 Å². The molecule has 6 heteroatoms. The van der Waals surface area contributed by atoms with Crippen molar-refractivity contribution in [2.24, 2.45) is 0 Å². The number of ether oxygens (including phenoxy) is 2. The van der Waals surface area contributed by atoms with Crippen LogP contribution < -0.4 is 9.47 Å². The van der Waals surface area contributed by atoms with E-state index in [4.69, 9.17) is 9.47 Å². The van der Waals surface area contributed by atoms with Crippen molar-refractivity contribution in [2.75, 3.05) is 7.11 Å². The first-order valence-electron chi connectivity index (χ1n) is 6.03. The molecule has 0 aliphatic carbocycles. The van der Waals surface area contributed by atoms with Gasteiger partial charge >= 0.3 is 6.18 Å². The zero-order valence-corrected chi connectivity index (χ0v) is 12.7. The van der Waals surface area contributed by atoms with E-state index < -0.39 is 11.7 Å². The molecule has 0 unspecified atom stereocenters. The quantitative estimate of drug-likeness (QED) is 0.758. The van der Waals surface area contributed by atoms with E-state index in [0.29, 0.717) is 5.75 Å². The van der Waals surface area contributed by atoms with E-state index in [0.717, 1.165) is 16.1 Å². The van der Waals surface area contributed by atoms with E-state index in [1.165, 1.54) is 25.3 Å². The van der Waals surface area contributed by atoms with Gasteiger partial charge in [-0.3, -0.25) is 0 Å². The van der Waals surface area contributed by atoms with Gasteiger partial charge in [-0.1, -0.05) is 18.2 Å². The van der Waals surface area contributed by atoms with Crippen molar-refractivity contribution >= 4 is 15.9 Å². The van der Waals surface area contributed by atoms with Crippen LogP contribution in [-0.2, 0) is 12.8 Å². The molecule has 0 saturated heterocycles. The van der Waals surface area contributed by atoms with Crippen LogP contribution in [0.2, 0.25) is 0 Å². The molecule has 112 valence electrons. The largest absolute Gasteiger partial charge is 0.496 e. The highest BCUT2D eigenvalue weighted by molar-refractivity contribution is 9.10. The first kappa shape index (κ1) is 15.7. The summed E-state index contributed by atoms with van der Waals surface area (Å²) in [5.41, 5.74) is -0.0442. The molecule has 0 N–H and O–H groups in total. The van der Waals surface area contributed by atoms with Crippen LogP contribution in [0.4, 0.5) is 13.2 Å². The standard InChI is InChI=1S/C15H12BrF3O2/c1-20-14-7-6-10(8-12(14)16)9-21-13-5-3-2-4-11(13)15(17,18)19/h2-8H,9H2,1H3. The van der Waals surface area contributed by atoms with Gasteiger partial charge in [0.05, 0.1) is 17.1 Å². The Balaban J connectivity index is 2.15. The van der Waals surface area contributed by atoms with Gasteiger partial charge in [-0.2, -0.15) is 13.2 Å². The summed E-state index contributed by atoms with van der Waals surface area (Å²) in [5, 5.41) is 0. The van der Waals surface area contributed by atoms with Gasteiger partial charge in [0.15, 0.2) is 0 Å². The molecule has 0 fully saturated rings. The molecule has 0 spiro atoms. The van der Waals surface area contributed by atoms with Crippen molar-refractivity contribution in [1.29, 1.82) is 0 Å². The van der Waals surface area contributed by atoms with Crippen LogP contribution in [0.5, 0.6) is 11.5 Å². The molecule has 2 rings (SSSR count). The molecule has 21 heavy (non-hydrogen) atoms. The second-order valence-corrected chi connectivity index (χ2v) is 5.11. The van der Waals surface area contributed by atoms with Crippen LogP contribution in [0.25, 0.3) is 0 Å². The minimum absolute atomic E-state index is 0.0374. The van der Waals surface area contributed by atoms with Gasteiger partial charge in [-0.25, -0.2) is 0 Å². The molecular weight excluding hydrogens is 349 g/mol. The summed E-state index contributed by atoms with van der Waals surface area (Å²) in [6.45, 7) is 0.0374. The van der Waals surface area contributed by atoms with Crippen LogP contribution >= 0.6 is 15.9 Å². The Kier molecular flexibility index (Phi) is 4.77. The fourth-order valence-electron chi connectivity index (χ4n) is 1.79. The van der Waals surface area contributed by atoms with Crippen molar-refractivity contribution in [3.63, 3.8) is 0 Å². The molecule has 0 aliphatic rings. The van der Waals surface area contributed by atoms with Gasteiger partial charge in [-0.15, -0.1) is 0 Å². The fourth-order valence-corrected chi connectivity index (χ4v) is 2.38. The molecule has 0 aromatic heterocycles. The molecule has 2 aromatic carbocycles. The first-order chi connectivity index (χ1) is 9.91. The minimum Gasteiger partial charge on any atom is -0.496 e. The number of halogens is 4. The lowest BCUT2D eigenvalue weighted by atomic mass is 10.2. The zero-order valence-electron chi connectivity index (χ0n) is 11.1. The third-order valence-corrected chi connectivity index (χ3v) is 3.42. The summed E-state index contributed by atoms with van der Waals surface area (Å²) in [6.07, 6.45) is -4.43. The molecule has 0 saturated carbocycles. The average Bonchev–Trinajstić information content (AvgIpc) is 2.44. The molecule has 0 bridgehead atoms. The van der Waals surface area contributed by atoms with Crippen LogP contribution in [0.3, 0.4) is 0 Å². The summed E-state index contributed by atoms with van der Waals surface area (Å²) in [4.78, 5) is 0. The van der Waals surface area contributed by atoms with E-state index in [2.05, 4.69) is 15.9 Å². The highest BCUT2D eigenvalue weighted by Crippen LogP contribution is 2.36. The van der Waals surface area contributed by atoms with Gasteiger partial charge in [0.2, 0.25) is 0 Å². The fraction of sp³-hybridized carbons (Fsp3) is 0.200. The Morgan fingerprint density at radius 3 is 2.38 bits per heavy atom. The second-order valence-electron chi connectivity index (χ2n) is 4.25. The highest BCUT2D eigenvalue weighted by atomic mass is 79.9. The molecule has 0 amide bonds. The van der Waals surface area contributed by atoms with Gasteiger partial charge in [0.1, 0.15) is 18.1 Å². The molecule has 2 nitrogen and oxygen atoms in total. The number of rotatable bonds is 4. The van der Waals surface area contributed by atoms with E-state index in [1.807, 2.05) is 0 Å². The third kappa shape index (κ3) is 3.91. The van der Waals surface area contributed by atoms with Gasteiger partial charge < -0.3 is 9.47 Å². The lowest BCUT2D eigenvalue weighted by molar-refractivity contribution is -0.139. The maximum atomic E-state index is 12.8. The summed E-state index contributed by atoms with van der Waals surface area (Å²) in [5.74, 6) is 0.464. The number of hydrogen-bond donors (Lipinski definition) is 0. The van der Waals surface area contributed by atoms with Crippen molar-refractivity contribution in [3.05, 3.63) is 58.1 Å². The average molecular weight is 361 g/mol. The summed E-state index contributed by atoms with van der Waals surface area (Å²) >= 11 is 3.32. The number of benzene rings is 2. The predicted octanol–water partition coefficient (Wildman–Crippen LogP) is 5.06. The maximum Gasteiger partial charge on any atom is 0.419 e. The molecule has 0 aliphatic heterocycles. The summed E-state index contributed by atoms with van der Waals surface area (Å²) in [7, 11) is 1.54. The Morgan fingerprint density at radius 1 is 1.05 bits per heavy atom. The second kappa shape index (κ2) is 6.39. The number of para-hydroxylation sites is 1.